The predicted molar refractivity (Wildman–Crippen MR) is 88.8 cm³/mol. The molecular weight excluding hydrogens is 294 g/mol. The van der Waals surface area contributed by atoms with Gasteiger partial charge in [0.05, 0.1) is 19.3 Å². The number of rotatable bonds is 4. The van der Waals surface area contributed by atoms with Crippen LogP contribution in [0.25, 0.3) is 0 Å². The largest absolute Gasteiger partial charge is 0.497 e. The third-order valence-electron chi connectivity index (χ3n) is 4.61. The Morgan fingerprint density at radius 3 is 3.09 bits per heavy atom. The topological polar surface area (TPSA) is 73.8 Å². The van der Waals surface area contributed by atoms with Gasteiger partial charge >= 0.3 is 0 Å². The summed E-state index contributed by atoms with van der Waals surface area (Å²) in [6.45, 7) is 2.28. The molecule has 0 aliphatic carbocycles. The van der Waals surface area contributed by atoms with Crippen LogP contribution < -0.4 is 20.3 Å². The molecule has 0 unspecified atom stereocenters. The van der Waals surface area contributed by atoms with Crippen LogP contribution in [-0.4, -0.2) is 55.9 Å². The lowest BCUT2D eigenvalue weighted by atomic mass is 10.0. The van der Waals surface area contributed by atoms with Crippen LogP contribution >= 0.6 is 0 Å². The molecule has 6 heteroatoms. The molecule has 3 rings (SSSR count). The number of nitrogens with zero attached hydrogens (tertiary/aromatic N) is 1. The first-order valence-electron chi connectivity index (χ1n) is 8.26. The van der Waals surface area contributed by atoms with Crippen LogP contribution in [0.5, 0.6) is 5.75 Å². The summed E-state index contributed by atoms with van der Waals surface area (Å²) in [5, 5.41) is 15.7. The van der Waals surface area contributed by atoms with Gasteiger partial charge in [-0.15, -0.1) is 0 Å². The van der Waals surface area contributed by atoms with Crippen molar-refractivity contribution in [2.24, 2.45) is 0 Å². The maximum atomic E-state index is 12.3. The van der Waals surface area contributed by atoms with Gasteiger partial charge in [-0.1, -0.05) is 6.07 Å². The lowest BCUT2D eigenvalue weighted by Gasteiger charge is -2.35. The normalized spacial score (nSPS) is 27.7. The quantitative estimate of drug-likeness (QED) is 0.754. The monoisotopic (exact) mass is 319 g/mol. The SMILES string of the molecule is COc1cccc(N2CCC[C@H](NC(=O)[C@H]3C[C@H](O)CN3)C2)c1. The molecule has 2 aliphatic heterocycles. The Kier molecular flexibility index (Phi) is 5.03. The number of anilines is 1. The Balaban J connectivity index is 1.58. The average molecular weight is 319 g/mol. The Bertz CT molecular complexity index is 552. The van der Waals surface area contributed by atoms with Gasteiger partial charge in [0, 0.05) is 37.4 Å². The molecule has 0 saturated carbocycles. The first-order chi connectivity index (χ1) is 11.2. The van der Waals surface area contributed by atoms with Crippen LogP contribution in [0.15, 0.2) is 24.3 Å². The summed E-state index contributed by atoms with van der Waals surface area (Å²) in [6.07, 6.45) is 2.12. The zero-order valence-electron chi connectivity index (χ0n) is 13.5. The van der Waals surface area contributed by atoms with Gasteiger partial charge in [-0.2, -0.15) is 0 Å². The van der Waals surface area contributed by atoms with Crippen LogP contribution in [0.2, 0.25) is 0 Å². The van der Waals surface area contributed by atoms with Crippen molar-refractivity contribution in [2.45, 2.75) is 37.5 Å². The second kappa shape index (κ2) is 7.19. The number of hydrogen-bond acceptors (Lipinski definition) is 5. The van der Waals surface area contributed by atoms with Crippen LogP contribution in [-0.2, 0) is 4.79 Å². The summed E-state index contributed by atoms with van der Waals surface area (Å²) in [4.78, 5) is 14.6. The molecule has 3 atom stereocenters. The zero-order chi connectivity index (χ0) is 16.2. The van der Waals surface area contributed by atoms with E-state index in [0.717, 1.165) is 37.4 Å². The fraction of sp³-hybridized carbons (Fsp3) is 0.588. The van der Waals surface area contributed by atoms with Crippen molar-refractivity contribution < 1.29 is 14.6 Å². The molecule has 1 aromatic carbocycles. The smallest absolute Gasteiger partial charge is 0.237 e. The minimum Gasteiger partial charge on any atom is -0.497 e. The van der Waals surface area contributed by atoms with Crippen molar-refractivity contribution >= 4 is 11.6 Å². The Labute approximate surface area is 136 Å². The highest BCUT2D eigenvalue weighted by Gasteiger charge is 2.30. The first kappa shape index (κ1) is 16.1. The molecule has 0 aromatic heterocycles. The van der Waals surface area contributed by atoms with E-state index in [1.165, 1.54) is 0 Å². The van der Waals surface area contributed by atoms with E-state index in [4.69, 9.17) is 4.74 Å². The van der Waals surface area contributed by atoms with E-state index in [-0.39, 0.29) is 18.0 Å². The second-order valence-corrected chi connectivity index (χ2v) is 6.35. The number of β-amino-alcohol motifs (C(OH)–C–C–N with tert-alkyl or cyclic N) is 1. The molecule has 6 nitrogen and oxygen atoms in total. The number of aliphatic hydroxyl groups is 1. The fourth-order valence-corrected chi connectivity index (χ4v) is 3.36. The van der Waals surface area contributed by atoms with Crippen molar-refractivity contribution in [1.29, 1.82) is 0 Å². The van der Waals surface area contributed by atoms with Gasteiger partial charge < -0.3 is 25.4 Å². The molecule has 0 spiro atoms. The molecule has 0 bridgehead atoms. The number of aliphatic hydroxyl groups excluding tert-OH is 1. The van der Waals surface area contributed by atoms with Crippen molar-refractivity contribution in [3.8, 4) is 5.75 Å². The summed E-state index contributed by atoms with van der Waals surface area (Å²) in [6, 6.07) is 7.89. The number of piperidine rings is 1. The van der Waals surface area contributed by atoms with E-state index in [2.05, 4.69) is 21.6 Å². The van der Waals surface area contributed by atoms with Crippen molar-refractivity contribution in [3.63, 3.8) is 0 Å². The molecule has 1 amide bonds. The number of ether oxygens (including phenoxy) is 1. The van der Waals surface area contributed by atoms with Gasteiger partial charge in [0.15, 0.2) is 0 Å². The number of benzene rings is 1. The van der Waals surface area contributed by atoms with Crippen LogP contribution in [0.4, 0.5) is 5.69 Å². The number of carbonyl (C=O) groups excluding carboxylic acids is 1. The fourth-order valence-electron chi connectivity index (χ4n) is 3.36. The molecule has 2 heterocycles. The molecule has 1 aromatic rings. The van der Waals surface area contributed by atoms with E-state index >= 15 is 0 Å². The summed E-state index contributed by atoms with van der Waals surface area (Å²) < 4.78 is 5.29. The lowest BCUT2D eigenvalue weighted by Crippen LogP contribution is -2.51. The highest BCUT2D eigenvalue weighted by molar-refractivity contribution is 5.82. The van der Waals surface area contributed by atoms with Crippen LogP contribution in [0.3, 0.4) is 0 Å². The summed E-state index contributed by atoms with van der Waals surface area (Å²) in [5.74, 6) is 0.844. The maximum Gasteiger partial charge on any atom is 0.237 e. The first-order valence-corrected chi connectivity index (χ1v) is 8.26. The molecular formula is C17H25N3O3. The number of nitrogens with one attached hydrogen (secondary N) is 2. The maximum absolute atomic E-state index is 12.3. The standard InChI is InChI=1S/C17H25N3O3/c1-23-15-6-2-5-13(8-15)20-7-3-4-12(11-20)19-17(22)16-9-14(21)10-18-16/h2,5-6,8,12,14,16,18,21H,3-4,7,9-11H2,1H3,(H,19,22)/t12-,14-,16+/m0/s1. The molecule has 2 aliphatic rings. The van der Waals surface area contributed by atoms with Crippen molar-refractivity contribution in [1.82, 2.24) is 10.6 Å². The zero-order valence-corrected chi connectivity index (χ0v) is 13.5. The highest BCUT2D eigenvalue weighted by atomic mass is 16.5. The third-order valence-corrected chi connectivity index (χ3v) is 4.61. The molecule has 2 saturated heterocycles. The van der Waals surface area contributed by atoms with Gasteiger partial charge in [0.25, 0.3) is 0 Å². The summed E-state index contributed by atoms with van der Waals surface area (Å²) in [7, 11) is 1.67. The molecule has 126 valence electrons. The van der Waals surface area contributed by atoms with Gasteiger partial charge in [0.1, 0.15) is 5.75 Å². The highest BCUT2D eigenvalue weighted by Crippen LogP contribution is 2.24. The minimum absolute atomic E-state index is 0.000887. The number of carbonyl (C=O) groups is 1. The van der Waals surface area contributed by atoms with Crippen LogP contribution in [0.1, 0.15) is 19.3 Å². The van der Waals surface area contributed by atoms with Crippen molar-refractivity contribution in [2.75, 3.05) is 31.6 Å². The second-order valence-electron chi connectivity index (χ2n) is 6.35. The molecule has 2 fully saturated rings. The van der Waals surface area contributed by atoms with Crippen molar-refractivity contribution in [3.05, 3.63) is 24.3 Å². The summed E-state index contributed by atoms with van der Waals surface area (Å²) in [5.41, 5.74) is 1.12. The Hall–Kier alpha value is -1.79. The minimum atomic E-state index is -0.412. The van der Waals surface area contributed by atoms with E-state index in [1.54, 1.807) is 7.11 Å². The van der Waals surface area contributed by atoms with E-state index < -0.39 is 6.10 Å². The average Bonchev–Trinajstić information content (AvgIpc) is 3.02. The van der Waals surface area contributed by atoms with E-state index in [0.29, 0.717) is 13.0 Å². The molecule has 0 radical (unpaired) electrons. The van der Waals surface area contributed by atoms with Crippen LogP contribution in [0, 0.1) is 0 Å². The predicted octanol–water partition coefficient (Wildman–Crippen LogP) is 0.503. The molecule has 23 heavy (non-hydrogen) atoms. The van der Waals surface area contributed by atoms with Gasteiger partial charge in [-0.3, -0.25) is 4.79 Å². The van der Waals surface area contributed by atoms with Gasteiger partial charge in [0.2, 0.25) is 5.91 Å². The number of amides is 1. The molecule has 3 N–H and O–H groups in total. The van der Waals surface area contributed by atoms with E-state index in [9.17, 15) is 9.90 Å². The Morgan fingerprint density at radius 1 is 1.48 bits per heavy atom. The van der Waals surface area contributed by atoms with Gasteiger partial charge in [-0.25, -0.2) is 0 Å². The number of methoxy groups -OCH3 is 1. The lowest BCUT2D eigenvalue weighted by molar-refractivity contribution is -0.123. The Morgan fingerprint density at radius 2 is 2.35 bits per heavy atom. The van der Waals surface area contributed by atoms with Gasteiger partial charge in [-0.05, 0) is 31.4 Å². The van der Waals surface area contributed by atoms with E-state index in [1.807, 2.05) is 18.2 Å². The third kappa shape index (κ3) is 3.95. The number of hydrogen-bond donors (Lipinski definition) is 3. The summed E-state index contributed by atoms with van der Waals surface area (Å²) >= 11 is 0.